The van der Waals surface area contributed by atoms with Crippen LogP contribution in [0.2, 0.25) is 0 Å². The summed E-state index contributed by atoms with van der Waals surface area (Å²) in [5.74, 6) is 0.159. The summed E-state index contributed by atoms with van der Waals surface area (Å²) in [5, 5.41) is 12.7. The minimum atomic E-state index is -0.812. The van der Waals surface area contributed by atoms with Gasteiger partial charge >= 0.3 is 0 Å². The van der Waals surface area contributed by atoms with E-state index < -0.39 is 5.09 Å². The maximum absolute atomic E-state index is 12.5. The first kappa shape index (κ1) is 24.6. The number of hydrogen-bond acceptors (Lipinski definition) is 6. The van der Waals surface area contributed by atoms with Crippen molar-refractivity contribution in [2.45, 2.75) is 60.3 Å². The van der Waals surface area contributed by atoms with Crippen molar-refractivity contribution in [3.05, 3.63) is 56.1 Å². The maximum atomic E-state index is 12.5. The summed E-state index contributed by atoms with van der Waals surface area (Å²) in [6.07, 6.45) is 1.40. The van der Waals surface area contributed by atoms with E-state index in [9.17, 15) is 14.9 Å². The van der Waals surface area contributed by atoms with E-state index in [4.69, 9.17) is 0 Å². The van der Waals surface area contributed by atoms with Crippen molar-refractivity contribution in [2.24, 2.45) is 5.92 Å². The number of thiazole rings is 1. The van der Waals surface area contributed by atoms with Crippen molar-refractivity contribution in [3.63, 3.8) is 0 Å². The van der Waals surface area contributed by atoms with Gasteiger partial charge in [0.2, 0.25) is 5.91 Å². The van der Waals surface area contributed by atoms with E-state index in [1.807, 2.05) is 39.8 Å². The number of hydrogen-bond donors (Lipinski definition) is 1. The monoisotopic (exact) mass is 421 g/mol. The summed E-state index contributed by atoms with van der Waals surface area (Å²) in [6, 6.07) is 8.13. The SMILES string of the molecule is CC.Cc1nc(NC(=O)[C@@H](C)c2ccc(CC(C)C)cc2)sc1CCO[N+](=O)[O-]. The van der Waals surface area contributed by atoms with Crippen LogP contribution in [0, 0.1) is 23.0 Å². The number of rotatable bonds is 9. The summed E-state index contributed by atoms with van der Waals surface area (Å²) in [4.78, 5) is 32.3. The number of benzene rings is 1. The van der Waals surface area contributed by atoms with Gasteiger partial charge in [-0.15, -0.1) is 21.5 Å². The molecule has 0 spiro atoms. The van der Waals surface area contributed by atoms with Crippen LogP contribution in [-0.2, 0) is 22.5 Å². The van der Waals surface area contributed by atoms with Crippen LogP contribution in [0.5, 0.6) is 0 Å². The molecular weight excluding hydrogens is 390 g/mol. The minimum Gasteiger partial charge on any atom is -0.314 e. The van der Waals surface area contributed by atoms with Gasteiger partial charge in [0.05, 0.1) is 11.6 Å². The highest BCUT2D eigenvalue weighted by atomic mass is 32.1. The number of nitrogens with zero attached hydrogens (tertiary/aromatic N) is 2. The largest absolute Gasteiger partial charge is 0.314 e. The Morgan fingerprint density at radius 3 is 2.41 bits per heavy atom. The smallest absolute Gasteiger partial charge is 0.294 e. The average molecular weight is 422 g/mol. The van der Waals surface area contributed by atoms with Gasteiger partial charge in [0, 0.05) is 11.3 Å². The lowest BCUT2D eigenvalue weighted by atomic mass is 9.96. The Hall–Kier alpha value is -2.48. The first-order valence-corrected chi connectivity index (χ1v) is 10.7. The summed E-state index contributed by atoms with van der Waals surface area (Å²) >= 11 is 1.32. The molecule has 0 fully saturated rings. The Balaban J connectivity index is 0.00000204. The van der Waals surface area contributed by atoms with Crippen molar-refractivity contribution < 1.29 is 14.7 Å². The highest BCUT2D eigenvalue weighted by molar-refractivity contribution is 7.15. The Morgan fingerprint density at radius 1 is 1.24 bits per heavy atom. The van der Waals surface area contributed by atoms with Gasteiger partial charge in [-0.2, -0.15) is 0 Å². The van der Waals surface area contributed by atoms with Crippen LogP contribution < -0.4 is 5.32 Å². The second kappa shape index (κ2) is 12.2. The van der Waals surface area contributed by atoms with Gasteiger partial charge in [0.25, 0.3) is 5.09 Å². The highest BCUT2D eigenvalue weighted by Crippen LogP contribution is 2.25. The molecular formula is C21H31N3O4S. The zero-order chi connectivity index (χ0) is 22.0. The molecule has 0 aliphatic heterocycles. The molecule has 0 aliphatic rings. The Labute approximate surface area is 176 Å². The molecule has 0 aliphatic carbocycles. The van der Waals surface area contributed by atoms with E-state index in [-0.39, 0.29) is 18.4 Å². The van der Waals surface area contributed by atoms with E-state index in [2.05, 4.69) is 41.1 Å². The summed E-state index contributed by atoms with van der Waals surface area (Å²) in [5.41, 5.74) is 2.96. The lowest BCUT2D eigenvalue weighted by Crippen LogP contribution is -2.18. The molecule has 8 heteroatoms. The van der Waals surface area contributed by atoms with Gasteiger partial charge in [-0.05, 0) is 37.3 Å². The van der Waals surface area contributed by atoms with Crippen molar-refractivity contribution in [1.29, 1.82) is 0 Å². The van der Waals surface area contributed by atoms with Crippen LogP contribution in [0.25, 0.3) is 0 Å². The molecule has 29 heavy (non-hydrogen) atoms. The topological polar surface area (TPSA) is 94.4 Å². The highest BCUT2D eigenvalue weighted by Gasteiger charge is 2.18. The molecule has 2 aromatic rings. The third kappa shape index (κ3) is 8.19. The van der Waals surface area contributed by atoms with Gasteiger partial charge in [0.15, 0.2) is 5.13 Å². The molecule has 160 valence electrons. The predicted octanol–water partition coefficient (Wildman–Crippen LogP) is 5.17. The van der Waals surface area contributed by atoms with E-state index in [0.29, 0.717) is 17.5 Å². The summed E-state index contributed by atoms with van der Waals surface area (Å²) in [7, 11) is 0. The average Bonchev–Trinajstić information content (AvgIpc) is 3.01. The third-order valence-corrected chi connectivity index (χ3v) is 5.30. The van der Waals surface area contributed by atoms with Crippen LogP contribution in [0.1, 0.15) is 62.2 Å². The zero-order valence-corrected chi connectivity index (χ0v) is 18.8. The normalized spacial score (nSPS) is 11.4. The molecule has 7 nitrogen and oxygen atoms in total. The number of aromatic nitrogens is 1. The van der Waals surface area contributed by atoms with Gasteiger partial charge in [-0.3, -0.25) is 4.79 Å². The van der Waals surface area contributed by atoms with Crippen molar-refractivity contribution in [3.8, 4) is 0 Å². The fourth-order valence-corrected chi connectivity index (χ4v) is 3.65. The van der Waals surface area contributed by atoms with Crippen molar-refractivity contribution in [1.82, 2.24) is 4.98 Å². The number of amides is 1. The van der Waals surface area contributed by atoms with Gasteiger partial charge in [-0.25, -0.2) is 4.98 Å². The van der Waals surface area contributed by atoms with Crippen molar-refractivity contribution >= 4 is 22.4 Å². The number of aryl methyl sites for hydroxylation is 1. The predicted molar refractivity (Wildman–Crippen MR) is 117 cm³/mol. The molecule has 1 atom stereocenters. The van der Waals surface area contributed by atoms with Crippen molar-refractivity contribution in [2.75, 3.05) is 11.9 Å². The molecule has 2 rings (SSSR count). The van der Waals surface area contributed by atoms with Crippen LogP contribution in [-0.4, -0.2) is 22.6 Å². The number of nitrogens with one attached hydrogen (secondary N) is 1. The van der Waals surface area contributed by atoms with Crippen LogP contribution in [0.4, 0.5) is 5.13 Å². The van der Waals surface area contributed by atoms with E-state index in [1.54, 1.807) is 0 Å². The van der Waals surface area contributed by atoms with Crippen LogP contribution in [0.15, 0.2) is 24.3 Å². The molecule has 0 radical (unpaired) electrons. The molecule has 1 N–H and O–H groups in total. The Kier molecular flexibility index (Phi) is 10.3. The zero-order valence-electron chi connectivity index (χ0n) is 18.0. The molecule has 1 heterocycles. The number of anilines is 1. The lowest BCUT2D eigenvalue weighted by Gasteiger charge is -2.12. The summed E-state index contributed by atoms with van der Waals surface area (Å²) < 4.78 is 0. The first-order valence-electron chi connectivity index (χ1n) is 9.89. The molecule has 1 aromatic heterocycles. The molecule has 0 unspecified atom stereocenters. The minimum absolute atomic E-state index is 0.0252. The van der Waals surface area contributed by atoms with E-state index in [0.717, 1.165) is 22.6 Å². The lowest BCUT2D eigenvalue weighted by molar-refractivity contribution is -0.757. The molecule has 0 saturated carbocycles. The second-order valence-electron chi connectivity index (χ2n) is 6.88. The van der Waals surface area contributed by atoms with Crippen LogP contribution in [0.3, 0.4) is 0 Å². The van der Waals surface area contributed by atoms with Gasteiger partial charge < -0.3 is 10.2 Å². The molecule has 1 aromatic carbocycles. The van der Waals surface area contributed by atoms with E-state index >= 15 is 0 Å². The van der Waals surface area contributed by atoms with Gasteiger partial charge in [-0.1, -0.05) is 52.0 Å². The third-order valence-electron chi connectivity index (χ3n) is 4.17. The quantitative estimate of drug-likeness (QED) is 0.445. The Bertz CT molecular complexity index is 788. The number of carbonyl (C=O) groups is 1. The number of carbonyl (C=O) groups excluding carboxylic acids is 1. The van der Waals surface area contributed by atoms with Gasteiger partial charge in [0.1, 0.15) is 6.61 Å². The first-order chi connectivity index (χ1) is 13.8. The summed E-state index contributed by atoms with van der Waals surface area (Å²) in [6.45, 7) is 12.0. The Morgan fingerprint density at radius 2 is 1.86 bits per heavy atom. The fourth-order valence-electron chi connectivity index (χ4n) is 2.71. The molecule has 0 saturated heterocycles. The molecule has 0 bridgehead atoms. The maximum Gasteiger partial charge on any atom is 0.294 e. The second-order valence-corrected chi connectivity index (χ2v) is 7.97. The van der Waals surface area contributed by atoms with Crippen LogP contribution >= 0.6 is 11.3 Å². The standard InChI is InChI=1S/C19H25N3O4S.C2H6/c1-12(2)11-15-5-7-16(8-6-15)13(3)18(23)21-19-20-14(4)17(27-19)9-10-26-22(24)25;1-2/h5-8,12-13H,9-11H2,1-4H3,(H,20,21,23);1-2H3/t13-;/m0./s1. The molecule has 1 amide bonds. The van der Waals surface area contributed by atoms with E-state index in [1.165, 1.54) is 16.9 Å². The fraction of sp³-hybridized carbons (Fsp3) is 0.524.